The van der Waals surface area contributed by atoms with Crippen LogP contribution in [0.4, 0.5) is 5.69 Å². The molecule has 0 radical (unpaired) electrons. The number of aromatic nitrogens is 1. The summed E-state index contributed by atoms with van der Waals surface area (Å²) >= 11 is 0. The molecule has 0 saturated carbocycles. The zero-order valence-electron chi connectivity index (χ0n) is 9.24. The monoisotopic (exact) mass is 259 g/mol. The number of hydrogen-bond donors (Lipinski definition) is 1. The number of pyridine rings is 1. The van der Waals surface area contributed by atoms with Gasteiger partial charge in [-0.05, 0) is 24.3 Å². The van der Waals surface area contributed by atoms with Crippen LogP contribution in [0.2, 0.25) is 0 Å². The number of anilines is 1. The summed E-state index contributed by atoms with van der Waals surface area (Å²) in [5, 5.41) is 8.89. The number of nitrogens with one attached hydrogen (secondary N) is 1. The summed E-state index contributed by atoms with van der Waals surface area (Å²) in [6.45, 7) is 0. The Kier molecular flexibility index (Phi) is 3.26. The highest BCUT2D eigenvalue weighted by Crippen LogP contribution is 2.18. The summed E-state index contributed by atoms with van der Waals surface area (Å²) in [5.74, 6) is 0. The first kappa shape index (κ1) is 12.1. The van der Waals surface area contributed by atoms with Gasteiger partial charge in [0.1, 0.15) is 11.0 Å². The van der Waals surface area contributed by atoms with Crippen LogP contribution in [0.5, 0.6) is 0 Å². The van der Waals surface area contributed by atoms with Crippen molar-refractivity contribution in [3.63, 3.8) is 0 Å². The van der Waals surface area contributed by atoms with Crippen molar-refractivity contribution >= 4 is 15.7 Å². The van der Waals surface area contributed by atoms with E-state index in [1.165, 1.54) is 18.3 Å². The number of sulfonamides is 1. The molecule has 0 amide bonds. The third-order valence-corrected chi connectivity index (χ3v) is 3.65. The van der Waals surface area contributed by atoms with Crippen LogP contribution in [0.25, 0.3) is 0 Å². The molecule has 0 aliphatic heterocycles. The molecule has 0 bridgehead atoms. The van der Waals surface area contributed by atoms with E-state index in [0.29, 0.717) is 5.69 Å². The third-order valence-electron chi connectivity index (χ3n) is 2.21. The van der Waals surface area contributed by atoms with Crippen molar-refractivity contribution in [3.05, 3.63) is 54.4 Å². The first-order valence-electron chi connectivity index (χ1n) is 5.05. The van der Waals surface area contributed by atoms with Gasteiger partial charge in [-0.1, -0.05) is 12.1 Å². The normalized spacial score (nSPS) is 10.6. The molecule has 0 aliphatic rings. The molecule has 2 rings (SSSR count). The van der Waals surface area contributed by atoms with Crippen LogP contribution in [0.3, 0.4) is 0 Å². The predicted molar refractivity (Wildman–Crippen MR) is 66.2 cm³/mol. The van der Waals surface area contributed by atoms with Crippen LogP contribution in [-0.2, 0) is 10.0 Å². The quantitative estimate of drug-likeness (QED) is 0.910. The summed E-state index contributed by atoms with van der Waals surface area (Å²) in [4.78, 5) is 3.77. The lowest BCUT2D eigenvalue weighted by atomic mass is 10.2. The van der Waals surface area contributed by atoms with Gasteiger partial charge < -0.3 is 0 Å². The highest BCUT2D eigenvalue weighted by atomic mass is 32.2. The Balaban J connectivity index is 2.41. The molecule has 1 aromatic heterocycles. The summed E-state index contributed by atoms with van der Waals surface area (Å²) < 4.78 is 26.6. The predicted octanol–water partition coefficient (Wildman–Crippen LogP) is 1.75. The highest BCUT2D eigenvalue weighted by molar-refractivity contribution is 7.92. The van der Waals surface area contributed by atoms with Gasteiger partial charge in [0.15, 0.2) is 0 Å². The van der Waals surface area contributed by atoms with Gasteiger partial charge in [0, 0.05) is 6.20 Å². The van der Waals surface area contributed by atoms with Gasteiger partial charge in [0.25, 0.3) is 10.0 Å². The molecule has 18 heavy (non-hydrogen) atoms. The minimum Gasteiger partial charge on any atom is -0.278 e. The van der Waals surface area contributed by atoms with Crippen molar-refractivity contribution in [2.45, 2.75) is 4.90 Å². The fourth-order valence-corrected chi connectivity index (χ4v) is 2.63. The van der Waals surface area contributed by atoms with Crippen molar-refractivity contribution in [2.75, 3.05) is 4.72 Å². The Labute approximate surface area is 105 Å². The van der Waals surface area contributed by atoms with Crippen LogP contribution >= 0.6 is 0 Å². The Morgan fingerprint density at radius 3 is 2.61 bits per heavy atom. The van der Waals surface area contributed by atoms with Crippen LogP contribution < -0.4 is 4.72 Å². The molecule has 0 spiro atoms. The zero-order chi connectivity index (χ0) is 13.0. The van der Waals surface area contributed by atoms with Gasteiger partial charge in [-0.3, -0.25) is 9.71 Å². The van der Waals surface area contributed by atoms with E-state index >= 15 is 0 Å². The van der Waals surface area contributed by atoms with Crippen molar-refractivity contribution in [1.29, 1.82) is 5.26 Å². The van der Waals surface area contributed by atoms with E-state index in [1.807, 2.05) is 6.07 Å². The lowest BCUT2D eigenvalue weighted by Gasteiger charge is -2.08. The Bertz CT molecular complexity index is 691. The Hall–Kier alpha value is -2.39. The Morgan fingerprint density at radius 2 is 1.94 bits per heavy atom. The van der Waals surface area contributed by atoms with E-state index in [9.17, 15) is 8.42 Å². The second kappa shape index (κ2) is 4.85. The average Bonchev–Trinajstić information content (AvgIpc) is 2.39. The van der Waals surface area contributed by atoms with Crippen molar-refractivity contribution in [3.8, 4) is 6.07 Å². The topological polar surface area (TPSA) is 82.8 Å². The van der Waals surface area contributed by atoms with Crippen molar-refractivity contribution in [1.82, 2.24) is 4.98 Å². The Morgan fingerprint density at radius 1 is 1.17 bits per heavy atom. The lowest BCUT2D eigenvalue weighted by Crippen LogP contribution is -2.14. The van der Waals surface area contributed by atoms with E-state index in [1.54, 1.807) is 30.5 Å². The molecule has 5 nitrogen and oxygen atoms in total. The highest BCUT2D eigenvalue weighted by Gasteiger charge is 2.17. The molecule has 90 valence electrons. The fourth-order valence-electron chi connectivity index (χ4n) is 1.43. The van der Waals surface area contributed by atoms with Crippen LogP contribution in [0.1, 0.15) is 5.56 Å². The van der Waals surface area contributed by atoms with Crippen molar-refractivity contribution in [2.24, 2.45) is 0 Å². The SMILES string of the molecule is N#Cc1ccccc1S(=O)(=O)Nc1cccnc1. The first-order valence-corrected chi connectivity index (χ1v) is 6.54. The molecule has 0 saturated heterocycles. The maximum atomic E-state index is 12.1. The standard InChI is InChI=1S/C12H9N3O2S/c13-8-10-4-1-2-6-12(10)18(16,17)15-11-5-3-7-14-9-11/h1-7,9,15H. The summed E-state index contributed by atoms with van der Waals surface area (Å²) in [6.07, 6.45) is 2.94. The molecule has 0 aliphatic carbocycles. The smallest absolute Gasteiger partial charge is 0.263 e. The summed E-state index contributed by atoms with van der Waals surface area (Å²) in [6, 6.07) is 11.1. The molecular weight excluding hydrogens is 250 g/mol. The van der Waals surface area contributed by atoms with Gasteiger partial charge in [0.2, 0.25) is 0 Å². The van der Waals surface area contributed by atoms with E-state index < -0.39 is 10.0 Å². The van der Waals surface area contributed by atoms with E-state index in [-0.39, 0.29) is 10.5 Å². The van der Waals surface area contributed by atoms with Gasteiger partial charge in [-0.2, -0.15) is 5.26 Å². The number of nitriles is 1. The molecule has 0 atom stereocenters. The molecule has 1 aromatic carbocycles. The lowest BCUT2D eigenvalue weighted by molar-refractivity contribution is 0.601. The number of benzene rings is 1. The third kappa shape index (κ3) is 2.47. The van der Waals surface area contributed by atoms with Crippen molar-refractivity contribution < 1.29 is 8.42 Å². The number of nitrogens with zero attached hydrogens (tertiary/aromatic N) is 2. The van der Waals surface area contributed by atoms with E-state index in [4.69, 9.17) is 5.26 Å². The second-order valence-corrected chi connectivity index (χ2v) is 5.11. The van der Waals surface area contributed by atoms with Gasteiger partial charge in [0.05, 0.1) is 17.4 Å². The molecular formula is C12H9N3O2S. The zero-order valence-corrected chi connectivity index (χ0v) is 10.1. The minimum absolute atomic E-state index is 0.0450. The molecule has 2 aromatic rings. The number of hydrogen-bond acceptors (Lipinski definition) is 4. The van der Waals surface area contributed by atoms with Crippen LogP contribution in [-0.4, -0.2) is 13.4 Å². The second-order valence-electron chi connectivity index (χ2n) is 3.46. The molecule has 1 N–H and O–H groups in total. The summed E-state index contributed by atoms with van der Waals surface area (Å²) in [7, 11) is -3.77. The van der Waals surface area contributed by atoms with Crippen LogP contribution in [0, 0.1) is 11.3 Å². The van der Waals surface area contributed by atoms with E-state index in [2.05, 4.69) is 9.71 Å². The molecule has 6 heteroatoms. The molecule has 1 heterocycles. The first-order chi connectivity index (χ1) is 8.63. The van der Waals surface area contributed by atoms with Gasteiger partial charge >= 0.3 is 0 Å². The maximum absolute atomic E-state index is 12.1. The minimum atomic E-state index is -3.77. The van der Waals surface area contributed by atoms with Crippen LogP contribution in [0.15, 0.2) is 53.7 Å². The van der Waals surface area contributed by atoms with E-state index in [0.717, 1.165) is 0 Å². The molecule has 0 fully saturated rings. The largest absolute Gasteiger partial charge is 0.278 e. The summed E-state index contributed by atoms with van der Waals surface area (Å²) in [5.41, 5.74) is 0.458. The van der Waals surface area contributed by atoms with Gasteiger partial charge in [-0.15, -0.1) is 0 Å². The molecule has 0 unspecified atom stereocenters. The average molecular weight is 259 g/mol. The fraction of sp³-hybridized carbons (Fsp3) is 0. The number of rotatable bonds is 3. The van der Waals surface area contributed by atoms with Gasteiger partial charge in [-0.25, -0.2) is 8.42 Å². The maximum Gasteiger partial charge on any atom is 0.263 e.